The third-order valence-electron chi connectivity index (χ3n) is 2.20. The molecular formula is C12H9BrClNOS. The standard InChI is InChI=1S/C12H9BrClNOS/c1-7-2-3-10(9(14)6-7)15-12(16)11-8(13)4-5-17-11/h2-6H,1H3,(H,15,16). The summed E-state index contributed by atoms with van der Waals surface area (Å²) >= 11 is 10.8. The molecule has 2 aromatic rings. The van der Waals surface area contributed by atoms with E-state index in [0.717, 1.165) is 10.0 Å². The van der Waals surface area contributed by atoms with Crippen molar-refractivity contribution in [3.63, 3.8) is 0 Å². The molecule has 0 spiro atoms. The largest absolute Gasteiger partial charge is 0.320 e. The van der Waals surface area contributed by atoms with E-state index < -0.39 is 0 Å². The number of benzene rings is 1. The Labute approximate surface area is 117 Å². The number of thiophene rings is 1. The molecule has 0 unspecified atom stereocenters. The molecule has 88 valence electrons. The smallest absolute Gasteiger partial charge is 0.266 e. The number of carbonyl (C=O) groups excluding carboxylic acids is 1. The van der Waals surface area contributed by atoms with E-state index in [9.17, 15) is 4.79 Å². The van der Waals surface area contributed by atoms with Crippen molar-refractivity contribution in [2.45, 2.75) is 6.92 Å². The molecule has 2 nitrogen and oxygen atoms in total. The zero-order chi connectivity index (χ0) is 12.4. The van der Waals surface area contributed by atoms with Crippen LogP contribution in [0, 0.1) is 6.92 Å². The van der Waals surface area contributed by atoms with Gasteiger partial charge >= 0.3 is 0 Å². The second-order valence-electron chi connectivity index (χ2n) is 3.54. The highest BCUT2D eigenvalue weighted by atomic mass is 79.9. The molecule has 1 N–H and O–H groups in total. The minimum Gasteiger partial charge on any atom is -0.320 e. The van der Waals surface area contributed by atoms with Gasteiger partial charge < -0.3 is 5.32 Å². The summed E-state index contributed by atoms with van der Waals surface area (Å²) in [6, 6.07) is 7.37. The lowest BCUT2D eigenvalue weighted by atomic mass is 10.2. The van der Waals surface area contributed by atoms with E-state index in [1.54, 1.807) is 6.07 Å². The maximum Gasteiger partial charge on any atom is 0.266 e. The molecule has 1 aromatic carbocycles. The van der Waals surface area contributed by atoms with Crippen molar-refractivity contribution in [3.05, 3.63) is 49.6 Å². The monoisotopic (exact) mass is 329 g/mol. The van der Waals surface area contributed by atoms with Gasteiger partial charge in [-0.15, -0.1) is 11.3 Å². The third-order valence-corrected chi connectivity index (χ3v) is 4.35. The first kappa shape index (κ1) is 12.6. The van der Waals surface area contributed by atoms with Crippen molar-refractivity contribution < 1.29 is 4.79 Å². The van der Waals surface area contributed by atoms with Gasteiger partial charge in [0.2, 0.25) is 0 Å². The van der Waals surface area contributed by atoms with Gasteiger partial charge in [-0.3, -0.25) is 4.79 Å². The van der Waals surface area contributed by atoms with Crippen molar-refractivity contribution in [2.75, 3.05) is 5.32 Å². The molecule has 5 heteroatoms. The number of halogens is 2. The molecule has 0 atom stereocenters. The third kappa shape index (κ3) is 2.89. The molecule has 17 heavy (non-hydrogen) atoms. The van der Waals surface area contributed by atoms with E-state index in [1.807, 2.05) is 30.5 Å². The molecule has 0 bridgehead atoms. The molecule has 2 rings (SSSR count). The van der Waals surface area contributed by atoms with Gasteiger partial charge in [-0.05, 0) is 52.0 Å². The van der Waals surface area contributed by atoms with Gasteiger partial charge in [0.15, 0.2) is 0 Å². The topological polar surface area (TPSA) is 29.1 Å². The van der Waals surface area contributed by atoms with Crippen LogP contribution in [0.1, 0.15) is 15.2 Å². The minimum atomic E-state index is -0.155. The van der Waals surface area contributed by atoms with Gasteiger partial charge in [0.05, 0.1) is 10.7 Å². The molecule has 0 saturated heterocycles. The van der Waals surface area contributed by atoms with Crippen LogP contribution in [0.15, 0.2) is 34.1 Å². The van der Waals surface area contributed by atoms with Gasteiger partial charge in [0.1, 0.15) is 4.88 Å². The number of carbonyl (C=O) groups is 1. The van der Waals surface area contributed by atoms with Crippen molar-refractivity contribution in [1.82, 2.24) is 0 Å². The number of anilines is 1. The molecule has 0 radical (unpaired) electrons. The second-order valence-corrected chi connectivity index (χ2v) is 5.71. The Hall–Kier alpha value is -0.840. The molecule has 0 aliphatic heterocycles. The Morgan fingerprint density at radius 3 is 2.76 bits per heavy atom. The number of amides is 1. The molecule has 0 aliphatic rings. The van der Waals surface area contributed by atoms with E-state index in [2.05, 4.69) is 21.2 Å². The lowest BCUT2D eigenvalue weighted by Crippen LogP contribution is -2.11. The zero-order valence-electron chi connectivity index (χ0n) is 8.96. The molecule has 1 aromatic heterocycles. The highest BCUT2D eigenvalue weighted by molar-refractivity contribution is 9.10. The molecular weight excluding hydrogens is 322 g/mol. The van der Waals surface area contributed by atoms with Gasteiger partial charge in [-0.2, -0.15) is 0 Å². The summed E-state index contributed by atoms with van der Waals surface area (Å²) in [5, 5.41) is 5.19. The normalized spacial score (nSPS) is 10.3. The zero-order valence-corrected chi connectivity index (χ0v) is 12.1. The average Bonchev–Trinajstić information content (AvgIpc) is 2.68. The molecule has 0 saturated carbocycles. The quantitative estimate of drug-likeness (QED) is 0.847. The van der Waals surface area contributed by atoms with Crippen LogP contribution in [-0.2, 0) is 0 Å². The summed E-state index contributed by atoms with van der Waals surface area (Å²) in [4.78, 5) is 12.6. The maximum atomic E-state index is 11.9. The van der Waals surface area contributed by atoms with Crippen molar-refractivity contribution in [2.24, 2.45) is 0 Å². The Kier molecular flexibility index (Phi) is 3.86. The highest BCUT2D eigenvalue weighted by Crippen LogP contribution is 2.27. The Morgan fingerprint density at radius 2 is 2.18 bits per heavy atom. The van der Waals surface area contributed by atoms with Crippen LogP contribution in [-0.4, -0.2) is 5.91 Å². The summed E-state index contributed by atoms with van der Waals surface area (Å²) in [6.45, 7) is 1.95. The van der Waals surface area contributed by atoms with Gasteiger partial charge in [0.25, 0.3) is 5.91 Å². The predicted molar refractivity (Wildman–Crippen MR) is 76.2 cm³/mol. The number of aryl methyl sites for hydroxylation is 1. The van der Waals surface area contributed by atoms with Crippen LogP contribution in [0.25, 0.3) is 0 Å². The summed E-state index contributed by atoms with van der Waals surface area (Å²) in [6.07, 6.45) is 0. The van der Waals surface area contributed by atoms with Crippen LogP contribution in [0.4, 0.5) is 5.69 Å². The lowest BCUT2D eigenvalue weighted by Gasteiger charge is -2.07. The number of hydrogen-bond acceptors (Lipinski definition) is 2. The molecule has 0 aliphatic carbocycles. The molecule has 1 heterocycles. The van der Waals surface area contributed by atoms with Crippen LogP contribution in [0.2, 0.25) is 5.02 Å². The van der Waals surface area contributed by atoms with Crippen molar-refractivity contribution in [1.29, 1.82) is 0 Å². The van der Waals surface area contributed by atoms with Crippen molar-refractivity contribution in [3.8, 4) is 0 Å². The second kappa shape index (κ2) is 5.21. The van der Waals surface area contributed by atoms with E-state index in [0.29, 0.717) is 15.6 Å². The fourth-order valence-electron chi connectivity index (χ4n) is 1.36. The lowest BCUT2D eigenvalue weighted by molar-refractivity contribution is 0.103. The Bertz CT molecular complexity index is 567. The van der Waals surface area contributed by atoms with Crippen LogP contribution in [0.5, 0.6) is 0 Å². The maximum absolute atomic E-state index is 11.9. The number of rotatable bonds is 2. The summed E-state index contributed by atoms with van der Waals surface area (Å²) < 4.78 is 0.795. The first-order valence-electron chi connectivity index (χ1n) is 4.88. The molecule has 1 amide bonds. The van der Waals surface area contributed by atoms with Gasteiger partial charge in [0, 0.05) is 4.47 Å². The SMILES string of the molecule is Cc1ccc(NC(=O)c2sccc2Br)c(Cl)c1. The fourth-order valence-corrected chi connectivity index (χ4v) is 3.09. The fraction of sp³-hybridized carbons (Fsp3) is 0.0833. The summed E-state index contributed by atoms with van der Waals surface area (Å²) in [7, 11) is 0. The first-order valence-corrected chi connectivity index (χ1v) is 6.93. The predicted octanol–water partition coefficient (Wildman–Crippen LogP) is 4.72. The van der Waals surface area contributed by atoms with Crippen molar-refractivity contribution >= 4 is 50.5 Å². The highest BCUT2D eigenvalue weighted by Gasteiger charge is 2.12. The van der Waals surface area contributed by atoms with Crippen LogP contribution in [0.3, 0.4) is 0 Å². The van der Waals surface area contributed by atoms with E-state index in [-0.39, 0.29) is 5.91 Å². The van der Waals surface area contributed by atoms with Crippen LogP contribution < -0.4 is 5.32 Å². The summed E-state index contributed by atoms with van der Waals surface area (Å²) in [5.41, 5.74) is 1.69. The Morgan fingerprint density at radius 1 is 1.41 bits per heavy atom. The van der Waals surface area contributed by atoms with E-state index in [1.165, 1.54) is 11.3 Å². The summed E-state index contributed by atoms with van der Waals surface area (Å²) in [5.74, 6) is -0.155. The Balaban J connectivity index is 2.22. The number of nitrogens with one attached hydrogen (secondary N) is 1. The average molecular weight is 331 g/mol. The van der Waals surface area contributed by atoms with E-state index >= 15 is 0 Å². The number of hydrogen-bond donors (Lipinski definition) is 1. The van der Waals surface area contributed by atoms with Gasteiger partial charge in [-0.1, -0.05) is 17.7 Å². The van der Waals surface area contributed by atoms with Crippen LogP contribution >= 0.6 is 38.9 Å². The van der Waals surface area contributed by atoms with Gasteiger partial charge in [-0.25, -0.2) is 0 Å². The first-order chi connectivity index (χ1) is 8.08. The molecule has 0 fully saturated rings. The van der Waals surface area contributed by atoms with E-state index in [4.69, 9.17) is 11.6 Å². The minimum absolute atomic E-state index is 0.155.